The molecule has 1 heteroatoms. The van der Waals surface area contributed by atoms with E-state index in [-0.39, 0.29) is 0 Å². The first-order valence-electron chi connectivity index (χ1n) is 4.94. The molecule has 0 atom stereocenters. The normalized spacial score (nSPS) is 12.7. The molecule has 0 aliphatic heterocycles. The van der Waals surface area contributed by atoms with Gasteiger partial charge < -0.3 is 5.32 Å². The van der Waals surface area contributed by atoms with Crippen molar-refractivity contribution in [2.45, 2.75) is 40.5 Å². The molecular weight excluding hydrogens is 146 g/mol. The zero-order valence-electron chi connectivity index (χ0n) is 8.98. The second-order valence-electron chi connectivity index (χ2n) is 4.31. The van der Waals surface area contributed by atoms with Gasteiger partial charge >= 0.3 is 0 Å². The molecule has 0 amide bonds. The van der Waals surface area contributed by atoms with Crippen molar-refractivity contribution in [3.8, 4) is 0 Å². The maximum Gasteiger partial charge on any atom is -0.00143 e. The number of allylic oxidation sites excluding steroid dienone is 1. The topological polar surface area (TPSA) is 12.0 Å². The molecule has 0 saturated heterocycles. The van der Waals surface area contributed by atoms with Gasteiger partial charge in [0, 0.05) is 0 Å². The summed E-state index contributed by atoms with van der Waals surface area (Å²) in [7, 11) is 0. The summed E-state index contributed by atoms with van der Waals surface area (Å²) in [6.45, 7) is 11.1. The van der Waals surface area contributed by atoms with Gasteiger partial charge in [-0.3, -0.25) is 0 Å². The third-order valence-corrected chi connectivity index (χ3v) is 1.53. The first-order chi connectivity index (χ1) is 5.56. The van der Waals surface area contributed by atoms with Crippen LogP contribution in [0, 0.1) is 5.41 Å². The van der Waals surface area contributed by atoms with Crippen LogP contribution in [0.1, 0.15) is 40.5 Å². The smallest absolute Gasteiger partial charge is 0.00143 e. The van der Waals surface area contributed by atoms with Gasteiger partial charge in [0.05, 0.1) is 0 Å². The molecule has 1 nitrogen and oxygen atoms in total. The van der Waals surface area contributed by atoms with E-state index >= 15 is 0 Å². The summed E-state index contributed by atoms with van der Waals surface area (Å²) in [4.78, 5) is 0. The molecule has 0 unspecified atom stereocenters. The van der Waals surface area contributed by atoms with Gasteiger partial charge in [-0.25, -0.2) is 0 Å². The molecule has 72 valence electrons. The maximum atomic E-state index is 3.37. The molecule has 0 aliphatic carbocycles. The average Bonchev–Trinajstić information content (AvgIpc) is 1.94. The van der Waals surface area contributed by atoms with Crippen LogP contribution in [0.5, 0.6) is 0 Å². The van der Waals surface area contributed by atoms with Crippen molar-refractivity contribution >= 4 is 0 Å². The Labute approximate surface area is 77.2 Å². The fourth-order valence-electron chi connectivity index (χ4n) is 0.924. The van der Waals surface area contributed by atoms with E-state index in [0.29, 0.717) is 5.41 Å². The minimum absolute atomic E-state index is 0.338. The van der Waals surface area contributed by atoms with E-state index in [4.69, 9.17) is 0 Å². The van der Waals surface area contributed by atoms with Crippen molar-refractivity contribution < 1.29 is 0 Å². The third kappa shape index (κ3) is 9.70. The summed E-state index contributed by atoms with van der Waals surface area (Å²) in [6.07, 6.45) is 6.92. The van der Waals surface area contributed by atoms with Crippen LogP contribution in [-0.4, -0.2) is 13.1 Å². The van der Waals surface area contributed by atoms with Crippen LogP contribution in [0.4, 0.5) is 0 Å². The van der Waals surface area contributed by atoms with Crippen LogP contribution in [0.25, 0.3) is 0 Å². The highest BCUT2D eigenvalue weighted by molar-refractivity contribution is 4.92. The zero-order chi connectivity index (χ0) is 9.45. The molecule has 0 rings (SSSR count). The number of nitrogens with one attached hydrogen (secondary N) is 1. The van der Waals surface area contributed by atoms with E-state index in [9.17, 15) is 0 Å². The molecule has 0 heterocycles. The molecule has 0 aliphatic rings. The molecule has 0 bridgehead atoms. The van der Waals surface area contributed by atoms with Crippen molar-refractivity contribution in [1.29, 1.82) is 0 Å². The largest absolute Gasteiger partial charge is 0.316 e. The van der Waals surface area contributed by atoms with Crippen LogP contribution >= 0.6 is 0 Å². The Morgan fingerprint density at radius 2 is 1.83 bits per heavy atom. The molecule has 12 heavy (non-hydrogen) atoms. The molecule has 0 saturated carbocycles. The van der Waals surface area contributed by atoms with Gasteiger partial charge in [-0.2, -0.15) is 0 Å². The first-order valence-corrected chi connectivity index (χ1v) is 4.94. The molecule has 0 aromatic heterocycles. The molecular formula is C11H23N. The van der Waals surface area contributed by atoms with E-state index in [2.05, 4.69) is 45.2 Å². The minimum Gasteiger partial charge on any atom is -0.316 e. The maximum absolute atomic E-state index is 3.37. The summed E-state index contributed by atoms with van der Waals surface area (Å²) in [5.74, 6) is 0. The van der Waals surface area contributed by atoms with Gasteiger partial charge in [0.1, 0.15) is 0 Å². The lowest BCUT2D eigenvalue weighted by atomic mass is 9.96. The van der Waals surface area contributed by atoms with Crippen molar-refractivity contribution in [1.82, 2.24) is 5.32 Å². The van der Waals surface area contributed by atoms with Crippen LogP contribution in [-0.2, 0) is 0 Å². The summed E-state index contributed by atoms with van der Waals surface area (Å²) in [5.41, 5.74) is 0.338. The summed E-state index contributed by atoms with van der Waals surface area (Å²) < 4.78 is 0. The zero-order valence-corrected chi connectivity index (χ0v) is 8.98. The quantitative estimate of drug-likeness (QED) is 0.493. The average molecular weight is 169 g/mol. The predicted molar refractivity (Wildman–Crippen MR) is 56.4 cm³/mol. The first kappa shape index (κ1) is 11.7. The van der Waals surface area contributed by atoms with E-state index in [1.165, 1.54) is 6.42 Å². The fourth-order valence-corrected chi connectivity index (χ4v) is 0.924. The Morgan fingerprint density at radius 1 is 1.17 bits per heavy atom. The molecule has 1 N–H and O–H groups in total. The van der Waals surface area contributed by atoms with E-state index in [1.807, 2.05) is 0 Å². The highest BCUT2D eigenvalue weighted by Gasteiger charge is 2.02. The Balaban J connectivity index is 3.25. The highest BCUT2D eigenvalue weighted by atomic mass is 14.8. The van der Waals surface area contributed by atoms with Crippen LogP contribution in [0.2, 0.25) is 0 Å². The van der Waals surface area contributed by atoms with Gasteiger partial charge in [-0.15, -0.1) is 0 Å². The van der Waals surface area contributed by atoms with Gasteiger partial charge in [0.25, 0.3) is 0 Å². The molecule has 0 radical (unpaired) electrons. The summed E-state index contributed by atoms with van der Waals surface area (Å²) in [5, 5.41) is 3.37. The van der Waals surface area contributed by atoms with Gasteiger partial charge in [0.15, 0.2) is 0 Å². The van der Waals surface area contributed by atoms with E-state index < -0.39 is 0 Å². The van der Waals surface area contributed by atoms with Gasteiger partial charge in [0.2, 0.25) is 0 Å². The number of hydrogen-bond acceptors (Lipinski definition) is 1. The number of hydrogen-bond donors (Lipinski definition) is 1. The lowest BCUT2D eigenvalue weighted by Gasteiger charge is -2.10. The van der Waals surface area contributed by atoms with Crippen LogP contribution in [0.3, 0.4) is 0 Å². The molecule has 0 aromatic rings. The van der Waals surface area contributed by atoms with Crippen LogP contribution < -0.4 is 5.32 Å². The lowest BCUT2D eigenvalue weighted by Crippen LogP contribution is -2.15. The van der Waals surface area contributed by atoms with Crippen molar-refractivity contribution in [2.24, 2.45) is 5.41 Å². The van der Waals surface area contributed by atoms with Crippen molar-refractivity contribution in [3.05, 3.63) is 12.2 Å². The minimum atomic E-state index is 0.338. The Bertz CT molecular complexity index is 119. The van der Waals surface area contributed by atoms with Crippen LogP contribution in [0.15, 0.2) is 12.2 Å². The van der Waals surface area contributed by atoms with Gasteiger partial charge in [-0.05, 0) is 31.3 Å². The van der Waals surface area contributed by atoms with Crippen molar-refractivity contribution in [3.63, 3.8) is 0 Å². The molecule has 0 fully saturated rings. The monoisotopic (exact) mass is 169 g/mol. The fraction of sp³-hybridized carbons (Fsp3) is 0.818. The Hall–Kier alpha value is -0.300. The number of rotatable bonds is 5. The van der Waals surface area contributed by atoms with E-state index in [0.717, 1.165) is 19.5 Å². The standard InChI is InChI=1S/C11H23N/c1-5-9-12-10-7-6-8-11(2,3)4/h6,8,12H,5,7,9-10H2,1-4H3. The summed E-state index contributed by atoms with van der Waals surface area (Å²) >= 11 is 0. The predicted octanol–water partition coefficient (Wildman–Crippen LogP) is 2.98. The second kappa shape index (κ2) is 6.24. The second-order valence-corrected chi connectivity index (χ2v) is 4.31. The molecule has 0 aromatic carbocycles. The summed E-state index contributed by atoms with van der Waals surface area (Å²) in [6, 6.07) is 0. The van der Waals surface area contributed by atoms with Crippen molar-refractivity contribution in [2.75, 3.05) is 13.1 Å². The van der Waals surface area contributed by atoms with Gasteiger partial charge in [-0.1, -0.05) is 39.8 Å². The highest BCUT2D eigenvalue weighted by Crippen LogP contribution is 2.14. The SMILES string of the molecule is CCCNCCC=CC(C)(C)C. The third-order valence-electron chi connectivity index (χ3n) is 1.53. The Kier molecular flexibility index (Phi) is 6.09. The Morgan fingerprint density at radius 3 is 2.33 bits per heavy atom. The lowest BCUT2D eigenvalue weighted by molar-refractivity contribution is 0.541. The van der Waals surface area contributed by atoms with E-state index in [1.54, 1.807) is 0 Å². The molecule has 0 spiro atoms.